The average Bonchev–Trinajstić information content (AvgIpc) is 2.42. The average molecular weight is 292 g/mol. The van der Waals surface area contributed by atoms with Crippen LogP contribution in [0.15, 0.2) is 24.3 Å². The number of hydrogen-bond acceptors (Lipinski definition) is 4. The second kappa shape index (κ2) is 6.03. The minimum absolute atomic E-state index is 0.213. The van der Waals surface area contributed by atoms with E-state index in [4.69, 9.17) is 9.47 Å². The second-order valence-corrected chi connectivity index (χ2v) is 5.91. The molecule has 0 saturated carbocycles. The maximum absolute atomic E-state index is 11.7. The van der Waals surface area contributed by atoms with Crippen molar-refractivity contribution in [3.63, 3.8) is 0 Å². The lowest BCUT2D eigenvalue weighted by molar-refractivity contribution is -0.140. The Bertz CT molecular complexity index is 537. The van der Waals surface area contributed by atoms with Crippen molar-refractivity contribution in [2.45, 2.75) is 32.4 Å². The lowest BCUT2D eigenvalue weighted by Crippen LogP contribution is -2.50. The summed E-state index contributed by atoms with van der Waals surface area (Å²) in [5, 5.41) is 5.15. The monoisotopic (exact) mass is 292 g/mol. The molecule has 0 aromatic heterocycles. The van der Waals surface area contributed by atoms with Crippen LogP contribution in [0.25, 0.3) is 0 Å². The van der Waals surface area contributed by atoms with E-state index in [0.717, 1.165) is 0 Å². The molecule has 0 spiro atoms. The van der Waals surface area contributed by atoms with Crippen LogP contribution < -0.4 is 20.1 Å². The van der Waals surface area contributed by atoms with Gasteiger partial charge in [-0.05, 0) is 32.9 Å². The number of benzene rings is 1. The van der Waals surface area contributed by atoms with Gasteiger partial charge in [-0.1, -0.05) is 12.1 Å². The molecule has 0 fully saturated rings. The van der Waals surface area contributed by atoms with E-state index in [-0.39, 0.29) is 12.6 Å². The van der Waals surface area contributed by atoms with Crippen molar-refractivity contribution >= 4 is 11.8 Å². The highest BCUT2D eigenvalue weighted by Crippen LogP contribution is 2.30. The van der Waals surface area contributed by atoms with E-state index in [0.29, 0.717) is 18.1 Å². The van der Waals surface area contributed by atoms with Gasteiger partial charge in [-0.2, -0.15) is 0 Å². The Morgan fingerprint density at radius 3 is 2.52 bits per heavy atom. The second-order valence-electron chi connectivity index (χ2n) is 5.91. The van der Waals surface area contributed by atoms with Crippen molar-refractivity contribution in [1.29, 1.82) is 0 Å². The fourth-order valence-electron chi connectivity index (χ4n) is 1.85. The molecule has 114 valence electrons. The standard InChI is InChI=1S/C15H20N2O4/c1-15(2,3)17-14(19)13(18)16-8-10-9-20-11-6-4-5-7-12(11)21-10/h4-7,10H,8-9H2,1-3H3,(H,16,18)(H,17,19). The normalized spacial score (nSPS) is 17.0. The molecule has 1 aliphatic heterocycles. The Morgan fingerprint density at radius 1 is 1.19 bits per heavy atom. The molecule has 0 saturated heterocycles. The first kappa shape index (κ1) is 15.2. The van der Waals surface area contributed by atoms with Gasteiger partial charge in [0.05, 0.1) is 6.54 Å². The van der Waals surface area contributed by atoms with Crippen molar-refractivity contribution < 1.29 is 19.1 Å². The number of para-hydroxylation sites is 2. The number of nitrogens with one attached hydrogen (secondary N) is 2. The molecular formula is C15H20N2O4. The number of amides is 2. The van der Waals surface area contributed by atoms with E-state index in [9.17, 15) is 9.59 Å². The molecule has 0 aliphatic carbocycles. The molecule has 1 aliphatic rings. The molecule has 6 nitrogen and oxygen atoms in total. The van der Waals surface area contributed by atoms with Gasteiger partial charge in [-0.3, -0.25) is 9.59 Å². The number of ether oxygens (including phenoxy) is 2. The number of carbonyl (C=O) groups is 2. The molecule has 6 heteroatoms. The summed E-state index contributed by atoms with van der Waals surface area (Å²) in [5.74, 6) is -0.000272. The van der Waals surface area contributed by atoms with Crippen LogP contribution in [0.2, 0.25) is 0 Å². The highest BCUT2D eigenvalue weighted by atomic mass is 16.6. The minimum atomic E-state index is -0.674. The molecule has 2 amide bonds. The first-order chi connectivity index (χ1) is 9.85. The Labute approximate surface area is 123 Å². The first-order valence-electron chi connectivity index (χ1n) is 6.84. The molecule has 1 atom stereocenters. The Balaban J connectivity index is 1.82. The lowest BCUT2D eigenvalue weighted by atomic mass is 10.1. The summed E-state index contributed by atoms with van der Waals surface area (Å²) in [6.07, 6.45) is -0.314. The van der Waals surface area contributed by atoms with E-state index >= 15 is 0 Å². The zero-order chi connectivity index (χ0) is 15.5. The zero-order valence-electron chi connectivity index (χ0n) is 12.4. The van der Waals surface area contributed by atoms with Crippen LogP contribution in [0.5, 0.6) is 11.5 Å². The van der Waals surface area contributed by atoms with E-state index in [1.807, 2.05) is 39.0 Å². The Kier molecular flexibility index (Phi) is 4.35. The van der Waals surface area contributed by atoms with Crippen LogP contribution in [0, 0.1) is 0 Å². The number of fused-ring (bicyclic) bond motifs is 1. The van der Waals surface area contributed by atoms with Gasteiger partial charge in [0.2, 0.25) is 0 Å². The number of hydrogen-bond donors (Lipinski definition) is 2. The van der Waals surface area contributed by atoms with Crippen molar-refractivity contribution in [2.75, 3.05) is 13.2 Å². The van der Waals surface area contributed by atoms with Gasteiger partial charge >= 0.3 is 11.8 Å². The summed E-state index contributed by atoms with van der Waals surface area (Å²) in [4.78, 5) is 23.3. The fraction of sp³-hybridized carbons (Fsp3) is 0.467. The Morgan fingerprint density at radius 2 is 1.86 bits per heavy atom. The molecular weight excluding hydrogens is 272 g/mol. The third-order valence-electron chi connectivity index (χ3n) is 2.75. The Hall–Kier alpha value is -2.24. The number of rotatable bonds is 2. The number of carbonyl (C=O) groups excluding carboxylic acids is 2. The molecule has 1 aromatic carbocycles. The summed E-state index contributed by atoms with van der Waals surface area (Å²) >= 11 is 0. The predicted octanol–water partition coefficient (Wildman–Crippen LogP) is 0.857. The van der Waals surface area contributed by atoms with Crippen molar-refractivity contribution in [2.24, 2.45) is 0 Å². The molecule has 2 N–H and O–H groups in total. The molecule has 21 heavy (non-hydrogen) atoms. The van der Waals surface area contributed by atoms with Crippen LogP contribution in [0.1, 0.15) is 20.8 Å². The topological polar surface area (TPSA) is 76.7 Å². The summed E-state index contributed by atoms with van der Waals surface area (Å²) in [5.41, 5.74) is -0.447. The highest BCUT2D eigenvalue weighted by molar-refractivity contribution is 6.35. The molecule has 1 aromatic rings. The van der Waals surface area contributed by atoms with Gasteiger partial charge in [0.25, 0.3) is 0 Å². The van der Waals surface area contributed by atoms with Crippen LogP contribution in [-0.2, 0) is 9.59 Å². The van der Waals surface area contributed by atoms with Gasteiger partial charge in [-0.15, -0.1) is 0 Å². The van der Waals surface area contributed by atoms with Crippen molar-refractivity contribution in [3.05, 3.63) is 24.3 Å². The summed E-state index contributed by atoms with van der Waals surface area (Å²) in [7, 11) is 0. The van der Waals surface area contributed by atoms with Crippen molar-refractivity contribution in [3.8, 4) is 11.5 Å². The molecule has 0 radical (unpaired) electrons. The smallest absolute Gasteiger partial charge is 0.309 e. The lowest BCUT2D eigenvalue weighted by Gasteiger charge is -2.26. The third kappa shape index (κ3) is 4.37. The van der Waals surface area contributed by atoms with Crippen LogP contribution in [-0.4, -0.2) is 36.6 Å². The van der Waals surface area contributed by atoms with E-state index in [1.165, 1.54) is 0 Å². The minimum Gasteiger partial charge on any atom is -0.486 e. The van der Waals surface area contributed by atoms with Crippen LogP contribution in [0.4, 0.5) is 0 Å². The predicted molar refractivity (Wildman–Crippen MR) is 77.3 cm³/mol. The quantitative estimate of drug-likeness (QED) is 0.793. The maximum Gasteiger partial charge on any atom is 0.309 e. The van der Waals surface area contributed by atoms with Gasteiger partial charge in [0.15, 0.2) is 11.5 Å². The van der Waals surface area contributed by atoms with Gasteiger partial charge in [0, 0.05) is 5.54 Å². The van der Waals surface area contributed by atoms with Crippen LogP contribution in [0.3, 0.4) is 0 Å². The third-order valence-corrected chi connectivity index (χ3v) is 2.75. The largest absolute Gasteiger partial charge is 0.486 e. The fourth-order valence-corrected chi connectivity index (χ4v) is 1.85. The van der Waals surface area contributed by atoms with E-state index in [1.54, 1.807) is 6.07 Å². The highest BCUT2D eigenvalue weighted by Gasteiger charge is 2.24. The van der Waals surface area contributed by atoms with Gasteiger partial charge in [-0.25, -0.2) is 0 Å². The van der Waals surface area contributed by atoms with E-state index < -0.39 is 17.4 Å². The van der Waals surface area contributed by atoms with Crippen LogP contribution >= 0.6 is 0 Å². The SMILES string of the molecule is CC(C)(C)NC(=O)C(=O)NCC1COc2ccccc2O1. The maximum atomic E-state index is 11.7. The van der Waals surface area contributed by atoms with Gasteiger partial charge in [0.1, 0.15) is 12.7 Å². The molecule has 2 rings (SSSR count). The summed E-state index contributed by atoms with van der Waals surface area (Å²) in [6.45, 7) is 5.98. The molecule has 1 unspecified atom stereocenters. The van der Waals surface area contributed by atoms with Crippen molar-refractivity contribution in [1.82, 2.24) is 10.6 Å². The zero-order valence-corrected chi connectivity index (χ0v) is 12.4. The summed E-state index contributed by atoms with van der Waals surface area (Å²) < 4.78 is 11.2. The first-order valence-corrected chi connectivity index (χ1v) is 6.84. The molecule has 0 bridgehead atoms. The summed E-state index contributed by atoms with van der Waals surface area (Å²) in [6, 6.07) is 7.33. The molecule has 1 heterocycles. The van der Waals surface area contributed by atoms with Gasteiger partial charge < -0.3 is 20.1 Å². The van der Waals surface area contributed by atoms with E-state index in [2.05, 4.69) is 10.6 Å².